The average molecular weight is 294 g/mol. The van der Waals surface area contributed by atoms with Crippen molar-refractivity contribution in [3.63, 3.8) is 0 Å². The first-order valence-corrected chi connectivity index (χ1v) is 6.85. The Balaban J connectivity index is 2.15. The lowest BCUT2D eigenvalue weighted by molar-refractivity contribution is 0.595. The van der Waals surface area contributed by atoms with Gasteiger partial charge in [0, 0.05) is 6.07 Å². The maximum atomic E-state index is 14.0. The highest BCUT2D eigenvalue weighted by Crippen LogP contribution is 2.31. The summed E-state index contributed by atoms with van der Waals surface area (Å²) in [6.45, 7) is 1.88. The zero-order valence-corrected chi connectivity index (χ0v) is 11.7. The van der Waals surface area contributed by atoms with Gasteiger partial charge in [-0.15, -0.1) is 0 Å². The standard InChI is InChI=1S/C18H11FO3/c1-10-9-21-15-7-6-12-14(20)8-16(22-18(12)17(10)15)11-4-2-3-5-13(11)19/h2-9H,1H3. The molecule has 0 fully saturated rings. The van der Waals surface area contributed by atoms with Crippen molar-refractivity contribution in [2.24, 2.45) is 0 Å². The highest BCUT2D eigenvalue weighted by Gasteiger charge is 2.15. The molecule has 2 heterocycles. The summed E-state index contributed by atoms with van der Waals surface area (Å²) < 4.78 is 25.3. The molecule has 0 spiro atoms. The number of fused-ring (bicyclic) bond motifs is 3. The van der Waals surface area contributed by atoms with E-state index < -0.39 is 5.82 Å². The van der Waals surface area contributed by atoms with Crippen LogP contribution in [0.25, 0.3) is 33.3 Å². The van der Waals surface area contributed by atoms with E-state index in [1.807, 2.05) is 6.92 Å². The number of hydrogen-bond donors (Lipinski definition) is 0. The first-order valence-electron chi connectivity index (χ1n) is 6.85. The van der Waals surface area contributed by atoms with Gasteiger partial charge in [-0.2, -0.15) is 0 Å². The molecule has 0 radical (unpaired) electrons. The first kappa shape index (κ1) is 12.8. The lowest BCUT2D eigenvalue weighted by Gasteiger charge is -2.05. The van der Waals surface area contributed by atoms with E-state index in [0.29, 0.717) is 16.6 Å². The molecule has 4 aromatic rings. The summed E-state index contributed by atoms with van der Waals surface area (Å²) in [7, 11) is 0. The summed E-state index contributed by atoms with van der Waals surface area (Å²) in [5.74, 6) is -0.218. The van der Waals surface area contributed by atoms with Crippen LogP contribution in [-0.4, -0.2) is 0 Å². The van der Waals surface area contributed by atoms with Crippen LogP contribution in [0, 0.1) is 12.7 Å². The number of aryl methyl sites for hydroxylation is 1. The lowest BCUT2D eigenvalue weighted by Crippen LogP contribution is -2.01. The zero-order valence-electron chi connectivity index (χ0n) is 11.7. The Kier molecular flexibility index (Phi) is 2.66. The molecular weight excluding hydrogens is 283 g/mol. The SMILES string of the molecule is Cc1coc2ccc3c(=O)cc(-c4ccccc4F)oc3c12. The summed E-state index contributed by atoms with van der Waals surface area (Å²) >= 11 is 0. The second kappa shape index (κ2) is 4.56. The molecule has 0 unspecified atom stereocenters. The number of halogens is 1. The van der Waals surface area contributed by atoms with Crippen LogP contribution in [0.4, 0.5) is 4.39 Å². The smallest absolute Gasteiger partial charge is 0.193 e. The molecule has 4 heteroatoms. The van der Waals surface area contributed by atoms with Crippen molar-refractivity contribution >= 4 is 21.9 Å². The highest BCUT2D eigenvalue weighted by atomic mass is 19.1. The molecule has 0 aliphatic rings. The molecule has 0 bridgehead atoms. The summed E-state index contributed by atoms with van der Waals surface area (Å²) in [5, 5.41) is 1.20. The number of rotatable bonds is 1. The minimum absolute atomic E-state index is 0.206. The number of hydrogen-bond acceptors (Lipinski definition) is 3. The van der Waals surface area contributed by atoms with Gasteiger partial charge in [0.25, 0.3) is 0 Å². The molecule has 22 heavy (non-hydrogen) atoms. The molecule has 0 saturated carbocycles. The molecule has 0 amide bonds. The van der Waals surface area contributed by atoms with Crippen molar-refractivity contribution in [2.45, 2.75) is 6.92 Å². The molecule has 0 aliphatic carbocycles. The van der Waals surface area contributed by atoms with Gasteiger partial charge < -0.3 is 8.83 Å². The van der Waals surface area contributed by atoms with Crippen LogP contribution in [0.5, 0.6) is 0 Å². The van der Waals surface area contributed by atoms with E-state index in [1.54, 1.807) is 36.6 Å². The fourth-order valence-electron chi connectivity index (χ4n) is 2.68. The maximum Gasteiger partial charge on any atom is 0.193 e. The van der Waals surface area contributed by atoms with Gasteiger partial charge in [-0.25, -0.2) is 4.39 Å². The van der Waals surface area contributed by atoms with Crippen molar-refractivity contribution < 1.29 is 13.2 Å². The Bertz CT molecular complexity index is 1070. The van der Waals surface area contributed by atoms with E-state index in [2.05, 4.69) is 0 Å². The molecule has 0 N–H and O–H groups in total. The second-order valence-electron chi connectivity index (χ2n) is 5.19. The van der Waals surface area contributed by atoms with Crippen molar-refractivity contribution in [3.05, 3.63) is 70.3 Å². The Morgan fingerprint density at radius 3 is 2.73 bits per heavy atom. The van der Waals surface area contributed by atoms with Gasteiger partial charge in [-0.3, -0.25) is 4.79 Å². The maximum absolute atomic E-state index is 14.0. The minimum atomic E-state index is -0.430. The number of furan rings is 1. The molecular formula is C18H11FO3. The largest absolute Gasteiger partial charge is 0.464 e. The molecule has 2 aromatic carbocycles. The van der Waals surface area contributed by atoms with Crippen molar-refractivity contribution in [3.8, 4) is 11.3 Å². The van der Waals surface area contributed by atoms with Crippen LogP contribution in [0.2, 0.25) is 0 Å². The van der Waals surface area contributed by atoms with Crippen LogP contribution < -0.4 is 5.43 Å². The van der Waals surface area contributed by atoms with Crippen molar-refractivity contribution in [1.29, 1.82) is 0 Å². The van der Waals surface area contributed by atoms with E-state index >= 15 is 0 Å². The Labute approximate surface area is 124 Å². The fourth-order valence-corrected chi connectivity index (χ4v) is 2.68. The third kappa shape index (κ3) is 1.77. The van der Waals surface area contributed by atoms with Crippen LogP contribution in [0.1, 0.15) is 5.56 Å². The average Bonchev–Trinajstić information content (AvgIpc) is 2.89. The van der Waals surface area contributed by atoms with Gasteiger partial charge in [0.1, 0.15) is 22.7 Å². The minimum Gasteiger partial charge on any atom is -0.464 e. The van der Waals surface area contributed by atoms with Crippen molar-refractivity contribution in [2.75, 3.05) is 0 Å². The van der Waals surface area contributed by atoms with Crippen LogP contribution in [0.15, 0.2) is 62.4 Å². The van der Waals surface area contributed by atoms with Crippen LogP contribution >= 0.6 is 0 Å². The molecule has 2 aromatic heterocycles. The molecule has 0 atom stereocenters. The van der Waals surface area contributed by atoms with Gasteiger partial charge in [0.15, 0.2) is 5.43 Å². The van der Waals surface area contributed by atoms with E-state index in [1.165, 1.54) is 12.1 Å². The fraction of sp³-hybridized carbons (Fsp3) is 0.0556. The van der Waals surface area contributed by atoms with E-state index in [-0.39, 0.29) is 16.8 Å². The number of benzene rings is 2. The van der Waals surface area contributed by atoms with Gasteiger partial charge in [0.05, 0.1) is 22.6 Å². The third-order valence-corrected chi connectivity index (χ3v) is 3.76. The topological polar surface area (TPSA) is 43.4 Å². The van der Waals surface area contributed by atoms with Gasteiger partial charge in [-0.05, 0) is 36.8 Å². The van der Waals surface area contributed by atoms with Crippen molar-refractivity contribution in [1.82, 2.24) is 0 Å². The normalized spacial score (nSPS) is 11.4. The Morgan fingerprint density at radius 1 is 1.09 bits per heavy atom. The first-order chi connectivity index (χ1) is 10.6. The van der Waals surface area contributed by atoms with Crippen LogP contribution in [0.3, 0.4) is 0 Å². The lowest BCUT2D eigenvalue weighted by atomic mass is 10.1. The third-order valence-electron chi connectivity index (χ3n) is 3.76. The molecule has 0 saturated heterocycles. The van der Waals surface area contributed by atoms with Crippen LogP contribution in [-0.2, 0) is 0 Å². The molecule has 0 aliphatic heterocycles. The molecule has 4 rings (SSSR count). The van der Waals surface area contributed by atoms with E-state index in [9.17, 15) is 9.18 Å². The summed E-state index contributed by atoms with van der Waals surface area (Å²) in [4.78, 5) is 12.3. The Morgan fingerprint density at radius 2 is 1.91 bits per heavy atom. The van der Waals surface area contributed by atoms with Gasteiger partial charge >= 0.3 is 0 Å². The monoisotopic (exact) mass is 294 g/mol. The summed E-state index contributed by atoms with van der Waals surface area (Å²) in [6, 6.07) is 10.9. The summed E-state index contributed by atoms with van der Waals surface area (Å²) in [5.41, 5.74) is 1.99. The van der Waals surface area contributed by atoms with Gasteiger partial charge in [0.2, 0.25) is 0 Å². The van der Waals surface area contributed by atoms with E-state index in [0.717, 1.165) is 10.9 Å². The summed E-state index contributed by atoms with van der Waals surface area (Å²) in [6.07, 6.45) is 1.61. The second-order valence-corrected chi connectivity index (χ2v) is 5.19. The molecule has 108 valence electrons. The van der Waals surface area contributed by atoms with Gasteiger partial charge in [-0.1, -0.05) is 12.1 Å². The zero-order chi connectivity index (χ0) is 15.3. The highest BCUT2D eigenvalue weighted by molar-refractivity contribution is 6.04. The Hall–Kier alpha value is -2.88. The quantitative estimate of drug-likeness (QED) is 0.513. The predicted octanol–water partition coefficient (Wildman–Crippen LogP) is 4.65. The van der Waals surface area contributed by atoms with E-state index in [4.69, 9.17) is 8.83 Å². The predicted molar refractivity (Wildman–Crippen MR) is 82.4 cm³/mol. The molecule has 3 nitrogen and oxygen atoms in total.